The number of aromatic hydroxyl groups is 1. The summed E-state index contributed by atoms with van der Waals surface area (Å²) >= 11 is 0. The van der Waals surface area contributed by atoms with Crippen LogP contribution in [-0.2, 0) is 0 Å². The van der Waals surface area contributed by atoms with Gasteiger partial charge in [-0.15, -0.1) is 10.2 Å². The van der Waals surface area contributed by atoms with Gasteiger partial charge in [0.05, 0.1) is 18.5 Å². The van der Waals surface area contributed by atoms with Crippen molar-refractivity contribution in [1.29, 1.82) is 0 Å². The van der Waals surface area contributed by atoms with Crippen LogP contribution in [0, 0.1) is 0 Å². The molecule has 2 N–H and O–H groups in total. The van der Waals surface area contributed by atoms with Gasteiger partial charge >= 0.3 is 0 Å². The lowest BCUT2D eigenvalue weighted by Gasteiger charge is -1.99. The zero-order chi connectivity index (χ0) is 20.5. The maximum Gasteiger partial charge on any atom is 0.196 e. The summed E-state index contributed by atoms with van der Waals surface area (Å²) in [5.41, 5.74) is 4.16. The van der Waals surface area contributed by atoms with E-state index in [1.807, 2.05) is 66.8 Å². The first-order valence-electron chi connectivity index (χ1n) is 9.46. The molecule has 6 nitrogen and oxygen atoms in total. The van der Waals surface area contributed by atoms with Gasteiger partial charge in [-0.25, -0.2) is 0 Å². The smallest absolute Gasteiger partial charge is 0.196 e. The van der Waals surface area contributed by atoms with Crippen LogP contribution in [0.4, 0.5) is 5.69 Å². The maximum absolute atomic E-state index is 10.4. The lowest BCUT2D eigenvalue weighted by Crippen LogP contribution is -2.08. The van der Waals surface area contributed by atoms with Gasteiger partial charge in [0, 0.05) is 34.1 Å². The van der Waals surface area contributed by atoms with E-state index in [-0.39, 0.29) is 5.88 Å². The van der Waals surface area contributed by atoms with Crippen LogP contribution in [0.5, 0.6) is 11.6 Å². The van der Waals surface area contributed by atoms with Crippen molar-refractivity contribution in [2.45, 2.75) is 0 Å². The molecule has 2 aromatic heterocycles. The average molecular weight is 394 g/mol. The molecule has 2 aromatic carbocycles. The number of methoxy groups -OCH3 is 1. The highest BCUT2D eigenvalue weighted by Crippen LogP contribution is 2.30. The number of azo groups is 1. The predicted molar refractivity (Wildman–Crippen MR) is 117 cm³/mol. The van der Waals surface area contributed by atoms with Crippen molar-refractivity contribution in [2.24, 2.45) is 10.2 Å². The highest BCUT2D eigenvalue weighted by molar-refractivity contribution is 5.92. The summed E-state index contributed by atoms with van der Waals surface area (Å²) in [7, 11) is 1.62. The summed E-state index contributed by atoms with van der Waals surface area (Å²) in [6, 6.07) is 15.5. The molecule has 0 bridgehead atoms. The quantitative estimate of drug-likeness (QED) is 0.548. The second-order valence-corrected chi connectivity index (χ2v) is 6.92. The minimum absolute atomic E-state index is 0.118. The number of aromatic nitrogens is 2. The normalized spacial score (nSPS) is 13.5. The van der Waals surface area contributed by atoms with Gasteiger partial charge < -0.3 is 14.8 Å². The first kappa shape index (κ1) is 17.9. The fraction of sp³-hybridized carbons (Fsp3) is 0.0417. The van der Waals surface area contributed by atoms with E-state index < -0.39 is 0 Å². The number of hydrogen-bond donors (Lipinski definition) is 2. The number of pyridine rings is 1. The minimum atomic E-state index is 0.118. The highest BCUT2D eigenvalue weighted by atomic mass is 16.5. The van der Waals surface area contributed by atoms with Crippen LogP contribution in [0.15, 0.2) is 77.2 Å². The summed E-state index contributed by atoms with van der Waals surface area (Å²) in [5, 5.41) is 21.8. The topological polar surface area (TPSA) is 82.9 Å². The van der Waals surface area contributed by atoms with E-state index in [4.69, 9.17) is 4.74 Å². The zero-order valence-electron chi connectivity index (χ0n) is 16.2. The van der Waals surface area contributed by atoms with Crippen molar-refractivity contribution in [3.05, 3.63) is 88.6 Å². The fourth-order valence-electron chi connectivity index (χ4n) is 3.49. The Morgan fingerprint density at radius 2 is 1.97 bits per heavy atom. The Morgan fingerprint density at radius 3 is 2.80 bits per heavy atom. The van der Waals surface area contributed by atoms with E-state index in [0.717, 1.165) is 44.0 Å². The molecule has 0 saturated heterocycles. The van der Waals surface area contributed by atoms with E-state index >= 15 is 0 Å². The Hall–Kier alpha value is -4.19. The van der Waals surface area contributed by atoms with Crippen molar-refractivity contribution < 1.29 is 9.84 Å². The lowest BCUT2D eigenvalue weighted by atomic mass is 10.1. The molecule has 3 heterocycles. The third-order valence-electron chi connectivity index (χ3n) is 5.02. The van der Waals surface area contributed by atoms with Gasteiger partial charge in [0.25, 0.3) is 0 Å². The van der Waals surface area contributed by atoms with Crippen molar-refractivity contribution in [3.8, 4) is 11.6 Å². The zero-order valence-corrected chi connectivity index (χ0v) is 16.2. The Labute approximate surface area is 172 Å². The van der Waals surface area contributed by atoms with Gasteiger partial charge in [0.1, 0.15) is 5.75 Å². The number of nitrogens with one attached hydrogen (secondary N) is 1. The van der Waals surface area contributed by atoms with Gasteiger partial charge in [-0.05, 0) is 59.3 Å². The van der Waals surface area contributed by atoms with Crippen LogP contribution in [0.25, 0.3) is 28.8 Å². The number of ether oxygens (including phenoxy) is 1. The van der Waals surface area contributed by atoms with Gasteiger partial charge in [-0.1, -0.05) is 18.2 Å². The number of fused-ring (bicyclic) bond motifs is 2. The van der Waals surface area contributed by atoms with Crippen LogP contribution in [-0.4, -0.2) is 22.2 Å². The predicted octanol–water partition coefficient (Wildman–Crippen LogP) is 4.02. The number of H-pyrrole nitrogens is 1. The third kappa shape index (κ3) is 3.24. The van der Waals surface area contributed by atoms with Crippen molar-refractivity contribution in [2.75, 3.05) is 7.11 Å². The lowest BCUT2D eigenvalue weighted by molar-refractivity contribution is 0.415. The second kappa shape index (κ2) is 7.33. The molecule has 0 fully saturated rings. The van der Waals surface area contributed by atoms with E-state index in [9.17, 15) is 5.11 Å². The molecular weight excluding hydrogens is 376 g/mol. The molecule has 4 aromatic rings. The molecule has 30 heavy (non-hydrogen) atoms. The fourth-order valence-corrected chi connectivity index (χ4v) is 3.49. The molecule has 0 atom stereocenters. The number of aromatic amines is 1. The molecule has 0 amide bonds. The Balaban J connectivity index is 1.56. The van der Waals surface area contributed by atoms with Crippen LogP contribution >= 0.6 is 0 Å². The molecule has 146 valence electrons. The van der Waals surface area contributed by atoms with Crippen LogP contribution < -0.4 is 15.2 Å². The van der Waals surface area contributed by atoms with Crippen molar-refractivity contribution in [3.63, 3.8) is 0 Å². The monoisotopic (exact) mass is 394 g/mol. The van der Waals surface area contributed by atoms with E-state index in [1.54, 1.807) is 19.5 Å². The van der Waals surface area contributed by atoms with Gasteiger partial charge in [0.15, 0.2) is 5.88 Å². The van der Waals surface area contributed by atoms with Gasteiger partial charge in [-0.3, -0.25) is 4.98 Å². The number of nitrogens with zero attached hydrogens (tertiary/aromatic N) is 3. The number of rotatable bonds is 4. The SMILES string of the molecule is COc1ccc2[nH]c(O)c(C=c3ccc4c(c3)N=NC=4C=Cc3cccnc3)c2c1. The third-order valence-corrected chi connectivity index (χ3v) is 5.02. The minimum Gasteiger partial charge on any atom is -0.497 e. The average Bonchev–Trinajstić information content (AvgIpc) is 3.32. The summed E-state index contributed by atoms with van der Waals surface area (Å²) in [4.78, 5) is 7.11. The van der Waals surface area contributed by atoms with Gasteiger partial charge in [-0.2, -0.15) is 0 Å². The summed E-state index contributed by atoms with van der Waals surface area (Å²) < 4.78 is 5.31. The van der Waals surface area contributed by atoms with Crippen LogP contribution in [0.2, 0.25) is 0 Å². The molecule has 0 radical (unpaired) electrons. The Kier molecular flexibility index (Phi) is 4.37. The van der Waals surface area contributed by atoms with Crippen LogP contribution in [0.3, 0.4) is 0 Å². The van der Waals surface area contributed by atoms with Crippen LogP contribution in [0.1, 0.15) is 11.1 Å². The molecule has 1 aliphatic heterocycles. The molecule has 1 aliphatic rings. The van der Waals surface area contributed by atoms with E-state index in [2.05, 4.69) is 20.2 Å². The Bertz CT molecular complexity index is 1430. The Morgan fingerprint density at radius 1 is 1.03 bits per heavy atom. The largest absolute Gasteiger partial charge is 0.497 e. The first-order valence-corrected chi connectivity index (χ1v) is 9.46. The summed E-state index contributed by atoms with van der Waals surface area (Å²) in [6.07, 6.45) is 9.37. The first-order chi connectivity index (χ1) is 14.7. The summed E-state index contributed by atoms with van der Waals surface area (Å²) in [6.45, 7) is 0. The summed E-state index contributed by atoms with van der Waals surface area (Å²) in [5.74, 6) is 0.852. The van der Waals surface area contributed by atoms with E-state index in [1.165, 1.54) is 0 Å². The standard InChI is InChI=1S/C24H18N4O2/c1-30-17-6-9-21-19(13-17)20(24(29)26-21)11-16-4-7-18-22(27-28-23(18)12-16)8-5-15-3-2-10-25-14-15/h2-14,26,29H,1H3. The molecule has 0 aliphatic carbocycles. The highest BCUT2D eigenvalue weighted by Gasteiger charge is 2.10. The van der Waals surface area contributed by atoms with E-state index in [0.29, 0.717) is 5.56 Å². The molecule has 6 heteroatoms. The van der Waals surface area contributed by atoms with Crippen molar-refractivity contribution >= 4 is 34.4 Å². The molecule has 5 rings (SSSR count). The van der Waals surface area contributed by atoms with Crippen molar-refractivity contribution in [1.82, 2.24) is 9.97 Å². The van der Waals surface area contributed by atoms with Gasteiger partial charge in [0.2, 0.25) is 0 Å². The number of benzene rings is 2. The maximum atomic E-state index is 10.4. The number of hydrogen-bond acceptors (Lipinski definition) is 5. The molecule has 0 saturated carbocycles. The molecular formula is C24H18N4O2. The molecule has 0 unspecified atom stereocenters. The molecule has 0 spiro atoms. The second-order valence-electron chi connectivity index (χ2n) is 6.92.